The topological polar surface area (TPSA) is 0 Å². The van der Waals surface area contributed by atoms with Crippen molar-refractivity contribution >= 4 is 19.4 Å². The van der Waals surface area contributed by atoms with Crippen molar-refractivity contribution in [2.45, 2.75) is 26.1 Å². The van der Waals surface area contributed by atoms with Gasteiger partial charge in [0.25, 0.3) is 0 Å². The summed E-state index contributed by atoms with van der Waals surface area (Å²) in [5.41, 5.74) is 2.93. The molecule has 0 heterocycles. The minimum atomic E-state index is 0.690. The minimum absolute atomic E-state index is 0.690. The molecule has 1 rings (SSSR count). The number of benzene rings is 1. The molecule has 0 radical (unpaired) electrons. The van der Waals surface area contributed by atoms with E-state index < -0.39 is 0 Å². The van der Waals surface area contributed by atoms with Crippen molar-refractivity contribution in [1.29, 1.82) is 0 Å². The van der Waals surface area contributed by atoms with Crippen LogP contribution in [0.25, 0.3) is 0 Å². The molecule has 0 nitrogen and oxygen atoms in total. The molecule has 0 saturated heterocycles. The van der Waals surface area contributed by atoms with Crippen LogP contribution in [0.4, 0.5) is 0 Å². The van der Waals surface area contributed by atoms with Crippen LogP contribution >= 0.6 is 0 Å². The first kappa shape index (κ1) is 8.83. The normalized spacial score (nSPS) is 10.1. The Bertz CT molecular complexity index is 220. The molecular weight excluding hydrogens is 199 g/mol. The van der Waals surface area contributed by atoms with Gasteiger partial charge in [-0.05, 0) is 0 Å². The summed E-state index contributed by atoms with van der Waals surface area (Å²) in [4.78, 5) is 0. The van der Waals surface area contributed by atoms with Gasteiger partial charge in [0.2, 0.25) is 0 Å². The second-order valence-corrected chi connectivity index (χ2v) is 5.33. The molecule has 1 heteroatoms. The summed E-state index contributed by atoms with van der Waals surface area (Å²) >= 11 is 0.690. The van der Waals surface area contributed by atoms with Crippen molar-refractivity contribution in [2.75, 3.05) is 0 Å². The van der Waals surface area contributed by atoms with Gasteiger partial charge in [0, 0.05) is 0 Å². The predicted octanol–water partition coefficient (Wildman–Crippen LogP) is 2.07. The van der Waals surface area contributed by atoms with Gasteiger partial charge in [0.1, 0.15) is 0 Å². The number of rotatable bonds is 2. The van der Waals surface area contributed by atoms with Crippen LogP contribution in [0, 0.1) is 13.8 Å². The Labute approximate surface area is 75.2 Å². The Morgan fingerprint density at radius 3 is 2.18 bits per heavy atom. The average molecular weight is 213 g/mol. The third kappa shape index (κ3) is 2.08. The van der Waals surface area contributed by atoms with Gasteiger partial charge >= 0.3 is 74.8 Å². The Hall–Kier alpha value is -0.261. The van der Waals surface area contributed by atoms with Gasteiger partial charge in [-0.3, -0.25) is 0 Å². The molecule has 0 aliphatic heterocycles. The first-order valence-electron chi connectivity index (χ1n) is 3.94. The van der Waals surface area contributed by atoms with E-state index in [-0.39, 0.29) is 0 Å². The Morgan fingerprint density at radius 1 is 1.18 bits per heavy atom. The molecule has 0 N–H and O–H groups in total. The van der Waals surface area contributed by atoms with E-state index in [2.05, 4.69) is 39.0 Å². The molecule has 0 unspecified atom stereocenters. The quantitative estimate of drug-likeness (QED) is 0.660. The number of hydrogen-bond acceptors (Lipinski definition) is 0. The van der Waals surface area contributed by atoms with Crippen LogP contribution in [0.3, 0.4) is 0 Å². The van der Waals surface area contributed by atoms with Crippen LogP contribution in [-0.4, -0.2) is 15.0 Å². The van der Waals surface area contributed by atoms with Crippen LogP contribution in [0.1, 0.15) is 18.1 Å². The average Bonchev–Trinajstić information content (AvgIpc) is 1.97. The molecule has 0 spiro atoms. The summed E-state index contributed by atoms with van der Waals surface area (Å²) in [6.07, 6.45) is 0. The molecule has 0 aromatic heterocycles. The van der Waals surface area contributed by atoms with Crippen molar-refractivity contribution in [3.05, 3.63) is 29.3 Å². The van der Waals surface area contributed by atoms with E-state index in [9.17, 15) is 0 Å². The summed E-state index contributed by atoms with van der Waals surface area (Å²) < 4.78 is 1.60. The van der Waals surface area contributed by atoms with Crippen molar-refractivity contribution in [3.8, 4) is 0 Å². The zero-order valence-corrected chi connectivity index (χ0v) is 9.06. The molecule has 1 aromatic rings. The van der Waals surface area contributed by atoms with Crippen molar-refractivity contribution in [3.63, 3.8) is 0 Å². The Morgan fingerprint density at radius 2 is 1.73 bits per heavy atom. The molecule has 0 amide bonds. The van der Waals surface area contributed by atoms with E-state index >= 15 is 0 Å². The first-order valence-corrected chi connectivity index (χ1v) is 6.01. The second-order valence-electron chi connectivity index (χ2n) is 2.65. The van der Waals surface area contributed by atoms with Gasteiger partial charge in [-0.15, -0.1) is 0 Å². The number of hydrogen-bond donors (Lipinski definition) is 0. The van der Waals surface area contributed by atoms with E-state index in [0.717, 1.165) is 0 Å². The van der Waals surface area contributed by atoms with Crippen LogP contribution in [0.15, 0.2) is 18.2 Å². The molecule has 11 heavy (non-hydrogen) atoms. The first-order chi connectivity index (χ1) is 5.25. The molecule has 0 aliphatic carbocycles. The second kappa shape index (κ2) is 3.94. The van der Waals surface area contributed by atoms with E-state index in [1.807, 2.05) is 0 Å². The van der Waals surface area contributed by atoms with Crippen LogP contribution < -0.4 is 4.46 Å². The maximum absolute atomic E-state index is 2.26. The molecule has 0 aliphatic rings. The van der Waals surface area contributed by atoms with Gasteiger partial charge in [-0.2, -0.15) is 0 Å². The zero-order chi connectivity index (χ0) is 8.27. The van der Waals surface area contributed by atoms with Gasteiger partial charge in [-0.25, -0.2) is 0 Å². The molecular formula is C10H14Se. The summed E-state index contributed by atoms with van der Waals surface area (Å²) in [5, 5.41) is 1.30. The SMILES string of the molecule is CC[Se]c1c(C)cccc1C. The molecule has 0 fully saturated rings. The predicted molar refractivity (Wildman–Crippen MR) is 51.8 cm³/mol. The summed E-state index contributed by atoms with van der Waals surface area (Å²) in [5.74, 6) is 0. The molecule has 0 saturated carbocycles. The fourth-order valence-electron chi connectivity index (χ4n) is 1.17. The molecule has 60 valence electrons. The van der Waals surface area contributed by atoms with E-state index in [0.29, 0.717) is 15.0 Å². The van der Waals surface area contributed by atoms with Crippen LogP contribution in [0.2, 0.25) is 5.32 Å². The number of aryl methyl sites for hydroxylation is 2. The van der Waals surface area contributed by atoms with Crippen LogP contribution in [-0.2, 0) is 0 Å². The van der Waals surface area contributed by atoms with Crippen molar-refractivity contribution in [1.82, 2.24) is 0 Å². The third-order valence-corrected chi connectivity index (χ3v) is 4.26. The summed E-state index contributed by atoms with van der Waals surface area (Å²) in [6.45, 7) is 6.67. The molecule has 1 aromatic carbocycles. The zero-order valence-electron chi connectivity index (χ0n) is 7.35. The Balaban J connectivity index is 3.00. The summed E-state index contributed by atoms with van der Waals surface area (Å²) in [7, 11) is 0. The van der Waals surface area contributed by atoms with E-state index in [4.69, 9.17) is 0 Å². The maximum atomic E-state index is 2.26. The monoisotopic (exact) mass is 214 g/mol. The van der Waals surface area contributed by atoms with Crippen molar-refractivity contribution < 1.29 is 0 Å². The fourth-order valence-corrected chi connectivity index (χ4v) is 3.02. The molecule has 0 atom stereocenters. The van der Waals surface area contributed by atoms with Crippen molar-refractivity contribution in [2.24, 2.45) is 0 Å². The standard InChI is InChI=1S/C10H14Se/c1-4-11-10-8(2)6-5-7-9(10)3/h5-7H,4H2,1-3H3. The van der Waals surface area contributed by atoms with Gasteiger partial charge in [0.05, 0.1) is 0 Å². The van der Waals surface area contributed by atoms with E-state index in [1.54, 1.807) is 4.46 Å². The third-order valence-electron chi connectivity index (χ3n) is 1.70. The van der Waals surface area contributed by atoms with Crippen LogP contribution in [0.5, 0.6) is 0 Å². The van der Waals surface area contributed by atoms with Gasteiger partial charge in [0.15, 0.2) is 0 Å². The Kier molecular flexibility index (Phi) is 3.16. The fraction of sp³-hybridized carbons (Fsp3) is 0.400. The summed E-state index contributed by atoms with van der Waals surface area (Å²) in [6, 6.07) is 6.55. The molecule has 0 bridgehead atoms. The van der Waals surface area contributed by atoms with Gasteiger partial charge < -0.3 is 0 Å². The van der Waals surface area contributed by atoms with E-state index in [1.165, 1.54) is 16.4 Å². The van der Waals surface area contributed by atoms with Gasteiger partial charge in [-0.1, -0.05) is 0 Å².